The van der Waals surface area contributed by atoms with Gasteiger partial charge in [-0.3, -0.25) is 14.4 Å². The Hall–Kier alpha value is -2.63. The fourth-order valence-corrected chi connectivity index (χ4v) is 10.3. The van der Waals surface area contributed by atoms with Crippen LogP contribution in [0.15, 0.2) is 48.6 Å². The lowest BCUT2D eigenvalue weighted by Gasteiger charge is -2.18. The molecule has 6 heteroatoms. The molecular formula is C71H130O6. The zero-order chi connectivity index (χ0) is 55.7. The summed E-state index contributed by atoms with van der Waals surface area (Å²) in [6, 6.07) is 0. The van der Waals surface area contributed by atoms with Crippen molar-refractivity contribution in [2.24, 2.45) is 0 Å². The molecule has 0 aliphatic heterocycles. The van der Waals surface area contributed by atoms with Gasteiger partial charge >= 0.3 is 17.9 Å². The molecule has 0 amide bonds. The van der Waals surface area contributed by atoms with Crippen molar-refractivity contribution >= 4 is 17.9 Å². The third-order valence-electron chi connectivity index (χ3n) is 15.3. The molecule has 0 aromatic heterocycles. The number of hydrogen-bond acceptors (Lipinski definition) is 6. The Kier molecular flexibility index (Phi) is 63.6. The molecule has 77 heavy (non-hydrogen) atoms. The number of unbranched alkanes of at least 4 members (excludes halogenated alkanes) is 44. The van der Waals surface area contributed by atoms with Crippen molar-refractivity contribution in [3.8, 4) is 0 Å². The average Bonchev–Trinajstić information content (AvgIpc) is 3.43. The second kappa shape index (κ2) is 65.9. The van der Waals surface area contributed by atoms with Gasteiger partial charge in [-0.1, -0.05) is 339 Å². The van der Waals surface area contributed by atoms with Gasteiger partial charge in [-0.05, 0) is 57.8 Å². The molecule has 450 valence electrons. The van der Waals surface area contributed by atoms with Crippen molar-refractivity contribution in [1.29, 1.82) is 0 Å². The van der Waals surface area contributed by atoms with Crippen molar-refractivity contribution < 1.29 is 28.6 Å². The van der Waals surface area contributed by atoms with Gasteiger partial charge < -0.3 is 14.2 Å². The van der Waals surface area contributed by atoms with Gasteiger partial charge in [0.25, 0.3) is 0 Å². The number of ether oxygens (including phenoxy) is 3. The lowest BCUT2D eigenvalue weighted by molar-refractivity contribution is -0.167. The summed E-state index contributed by atoms with van der Waals surface area (Å²) < 4.78 is 17.0. The van der Waals surface area contributed by atoms with Crippen LogP contribution in [0.4, 0.5) is 0 Å². The van der Waals surface area contributed by atoms with Crippen LogP contribution in [-0.4, -0.2) is 37.2 Å². The number of esters is 3. The minimum Gasteiger partial charge on any atom is -0.462 e. The first-order chi connectivity index (χ1) is 38.0. The molecule has 0 aromatic carbocycles. The Balaban J connectivity index is 4.12. The van der Waals surface area contributed by atoms with Crippen molar-refractivity contribution in [2.75, 3.05) is 13.2 Å². The minimum absolute atomic E-state index is 0.0650. The lowest BCUT2D eigenvalue weighted by atomic mass is 10.0. The third-order valence-corrected chi connectivity index (χ3v) is 15.3. The van der Waals surface area contributed by atoms with E-state index in [-0.39, 0.29) is 31.1 Å². The third kappa shape index (κ3) is 64.1. The van der Waals surface area contributed by atoms with Gasteiger partial charge in [-0.15, -0.1) is 0 Å². The van der Waals surface area contributed by atoms with Crippen LogP contribution in [0.3, 0.4) is 0 Å². The maximum atomic E-state index is 12.9. The number of hydrogen-bond donors (Lipinski definition) is 0. The van der Waals surface area contributed by atoms with E-state index < -0.39 is 6.10 Å². The van der Waals surface area contributed by atoms with Crippen LogP contribution < -0.4 is 0 Å². The van der Waals surface area contributed by atoms with E-state index in [2.05, 4.69) is 69.4 Å². The topological polar surface area (TPSA) is 78.9 Å². The number of allylic oxidation sites excluding steroid dienone is 8. The lowest BCUT2D eigenvalue weighted by Crippen LogP contribution is -2.30. The van der Waals surface area contributed by atoms with E-state index in [9.17, 15) is 14.4 Å². The predicted octanol–water partition coefficient (Wildman–Crippen LogP) is 23.3. The Morgan fingerprint density at radius 1 is 0.273 bits per heavy atom. The van der Waals surface area contributed by atoms with Crippen LogP contribution in [0, 0.1) is 0 Å². The highest BCUT2D eigenvalue weighted by Crippen LogP contribution is 2.18. The van der Waals surface area contributed by atoms with E-state index in [0.29, 0.717) is 19.3 Å². The molecular weight excluding hydrogens is 949 g/mol. The molecule has 0 N–H and O–H groups in total. The first kappa shape index (κ1) is 74.4. The summed E-state index contributed by atoms with van der Waals surface area (Å²) in [5, 5.41) is 0. The molecule has 0 aromatic rings. The van der Waals surface area contributed by atoms with Gasteiger partial charge in [0.2, 0.25) is 0 Å². The molecule has 0 saturated heterocycles. The Labute approximate surface area is 479 Å². The summed E-state index contributed by atoms with van der Waals surface area (Å²) in [6.07, 6.45) is 82.8. The van der Waals surface area contributed by atoms with Crippen LogP contribution in [-0.2, 0) is 28.6 Å². The molecule has 0 saturated carbocycles. The van der Waals surface area contributed by atoms with Crippen LogP contribution in [0.2, 0.25) is 0 Å². The van der Waals surface area contributed by atoms with Gasteiger partial charge in [0.15, 0.2) is 6.10 Å². The highest BCUT2D eigenvalue weighted by Gasteiger charge is 2.19. The Morgan fingerprint density at radius 3 is 0.792 bits per heavy atom. The van der Waals surface area contributed by atoms with Crippen LogP contribution in [0.25, 0.3) is 0 Å². The zero-order valence-corrected chi connectivity index (χ0v) is 51.7. The van der Waals surface area contributed by atoms with Gasteiger partial charge in [0, 0.05) is 19.3 Å². The van der Waals surface area contributed by atoms with Gasteiger partial charge in [-0.2, -0.15) is 0 Å². The smallest absolute Gasteiger partial charge is 0.306 e. The first-order valence-electron chi connectivity index (χ1n) is 34.1. The van der Waals surface area contributed by atoms with Crippen LogP contribution in [0.1, 0.15) is 367 Å². The average molecular weight is 1080 g/mol. The standard InChI is InChI=1S/C71H130O6/c1-4-7-10-13-16-19-22-25-28-29-30-31-32-33-34-35-36-37-38-39-40-41-42-43-44-47-49-52-55-58-61-64-70(73)76-67-68(77-71(74)65-62-59-56-53-50-46-27-24-21-18-15-12-9-6-3)66-75-69(72)63-60-57-54-51-48-45-26-23-20-17-14-11-8-5-2/h7,10,16,19,25,28,30-31,68H,4-6,8-9,11-15,17-18,20-24,26-27,29,32-67H2,1-3H3/b10-7-,19-16-,28-25-,31-30-. The maximum absolute atomic E-state index is 12.9. The highest BCUT2D eigenvalue weighted by atomic mass is 16.6. The Morgan fingerprint density at radius 2 is 0.506 bits per heavy atom. The molecule has 0 spiro atoms. The molecule has 1 unspecified atom stereocenters. The van der Waals surface area contributed by atoms with Gasteiger partial charge in [0.1, 0.15) is 13.2 Å². The molecule has 0 aliphatic rings. The quantitative estimate of drug-likeness (QED) is 0.0261. The van der Waals surface area contributed by atoms with E-state index in [1.54, 1.807) is 0 Å². The fraction of sp³-hybridized carbons (Fsp3) is 0.845. The maximum Gasteiger partial charge on any atom is 0.306 e. The highest BCUT2D eigenvalue weighted by molar-refractivity contribution is 5.71. The van der Waals surface area contributed by atoms with Crippen molar-refractivity contribution in [2.45, 2.75) is 374 Å². The number of carbonyl (C=O) groups is 3. The summed E-state index contributed by atoms with van der Waals surface area (Å²) in [5.74, 6) is -0.837. The monoisotopic (exact) mass is 1080 g/mol. The van der Waals surface area contributed by atoms with Crippen LogP contribution >= 0.6 is 0 Å². The molecule has 0 rings (SSSR count). The van der Waals surface area contributed by atoms with Crippen molar-refractivity contribution in [3.63, 3.8) is 0 Å². The largest absolute Gasteiger partial charge is 0.462 e. The summed E-state index contributed by atoms with van der Waals surface area (Å²) >= 11 is 0. The Bertz CT molecular complexity index is 1330. The van der Waals surface area contributed by atoms with E-state index in [0.717, 1.165) is 83.5 Å². The first-order valence-corrected chi connectivity index (χ1v) is 34.1. The minimum atomic E-state index is -0.767. The molecule has 1 atom stereocenters. The van der Waals surface area contributed by atoms with E-state index >= 15 is 0 Å². The van der Waals surface area contributed by atoms with E-state index in [1.807, 2.05) is 0 Å². The molecule has 0 fully saturated rings. The second-order valence-corrected chi connectivity index (χ2v) is 23.1. The van der Waals surface area contributed by atoms with Crippen LogP contribution in [0.5, 0.6) is 0 Å². The summed E-state index contributed by atoms with van der Waals surface area (Å²) in [5.41, 5.74) is 0. The summed E-state index contributed by atoms with van der Waals surface area (Å²) in [6.45, 7) is 6.59. The molecule has 0 heterocycles. The SMILES string of the molecule is CC/C=C\C/C=C\C/C=C\C/C=C\CCCCCCCCCCCCCCCCCCCCC(=O)OCC(COC(=O)CCCCCCCCCCCCCCCC)OC(=O)CCCCCCCCCCCCCCCC. The molecule has 0 aliphatic carbocycles. The van der Waals surface area contributed by atoms with Gasteiger partial charge in [0.05, 0.1) is 0 Å². The number of rotatable bonds is 63. The predicted molar refractivity (Wildman–Crippen MR) is 335 cm³/mol. The molecule has 0 bridgehead atoms. The van der Waals surface area contributed by atoms with Crippen molar-refractivity contribution in [3.05, 3.63) is 48.6 Å². The summed E-state index contributed by atoms with van der Waals surface area (Å²) in [7, 11) is 0. The molecule has 6 nitrogen and oxygen atoms in total. The second-order valence-electron chi connectivity index (χ2n) is 23.1. The fourth-order valence-electron chi connectivity index (χ4n) is 10.3. The number of carbonyl (C=O) groups excluding carboxylic acids is 3. The molecule has 0 radical (unpaired) electrons. The van der Waals surface area contributed by atoms with Gasteiger partial charge in [-0.25, -0.2) is 0 Å². The van der Waals surface area contributed by atoms with E-state index in [4.69, 9.17) is 14.2 Å². The van der Waals surface area contributed by atoms with Crippen molar-refractivity contribution in [1.82, 2.24) is 0 Å². The van der Waals surface area contributed by atoms with E-state index in [1.165, 1.54) is 244 Å². The summed E-state index contributed by atoms with van der Waals surface area (Å²) in [4.78, 5) is 38.3. The normalized spacial score (nSPS) is 12.3. The zero-order valence-electron chi connectivity index (χ0n) is 51.7.